The largest absolute Gasteiger partial charge is 0.294 e. The molecule has 21 heavy (non-hydrogen) atoms. The Labute approximate surface area is 126 Å². The van der Waals surface area contributed by atoms with Gasteiger partial charge in [-0.3, -0.25) is 4.55 Å². The molecule has 0 saturated carbocycles. The Morgan fingerprint density at radius 3 is 2.19 bits per heavy atom. The number of benzene rings is 2. The highest BCUT2D eigenvalue weighted by Crippen LogP contribution is 2.25. The first-order valence-electron chi connectivity index (χ1n) is 7.51. The van der Waals surface area contributed by atoms with Crippen molar-refractivity contribution in [2.75, 3.05) is 0 Å². The van der Waals surface area contributed by atoms with Gasteiger partial charge in [0.25, 0.3) is 10.1 Å². The molecule has 4 heteroatoms. The van der Waals surface area contributed by atoms with Crippen LogP contribution in [-0.2, 0) is 16.5 Å². The minimum Gasteiger partial charge on any atom is -0.282 e. The van der Waals surface area contributed by atoms with Gasteiger partial charge in [0, 0.05) is 0 Å². The summed E-state index contributed by atoms with van der Waals surface area (Å²) < 4.78 is 32.6. The van der Waals surface area contributed by atoms with Crippen LogP contribution in [-0.4, -0.2) is 13.0 Å². The lowest BCUT2D eigenvalue weighted by atomic mass is 10.0. The standard InChI is InChI=1S/C17H22O3S/c1-2-3-4-5-6-11-16-12-14-9-7-8-10-15(14)13-17(16)21(18,19)20/h7-10,12-13H,2-6,11H2,1H3,(H,18,19,20). The lowest BCUT2D eigenvalue weighted by molar-refractivity contribution is 0.482. The van der Waals surface area contributed by atoms with E-state index in [-0.39, 0.29) is 4.90 Å². The third-order valence-electron chi connectivity index (χ3n) is 3.76. The molecule has 0 unspecified atom stereocenters. The molecule has 2 aromatic carbocycles. The Bertz CT molecular complexity index is 705. The Balaban J connectivity index is 2.27. The van der Waals surface area contributed by atoms with Crippen molar-refractivity contribution >= 4 is 20.9 Å². The summed E-state index contributed by atoms with van der Waals surface area (Å²) in [5.74, 6) is 0. The van der Waals surface area contributed by atoms with Crippen molar-refractivity contribution in [3.8, 4) is 0 Å². The van der Waals surface area contributed by atoms with E-state index in [1.165, 1.54) is 19.3 Å². The van der Waals surface area contributed by atoms with Crippen molar-refractivity contribution in [2.24, 2.45) is 0 Å². The molecule has 0 fully saturated rings. The summed E-state index contributed by atoms with van der Waals surface area (Å²) in [6.45, 7) is 2.17. The maximum atomic E-state index is 11.6. The maximum absolute atomic E-state index is 11.6. The quantitative estimate of drug-likeness (QED) is 0.601. The summed E-state index contributed by atoms with van der Waals surface area (Å²) >= 11 is 0. The molecule has 0 radical (unpaired) electrons. The molecule has 1 N–H and O–H groups in total. The van der Waals surface area contributed by atoms with E-state index in [1.807, 2.05) is 30.3 Å². The average Bonchev–Trinajstić information content (AvgIpc) is 2.45. The third-order valence-corrected chi connectivity index (χ3v) is 4.69. The third kappa shape index (κ3) is 4.29. The second kappa shape index (κ2) is 7.05. The molecule has 0 spiro atoms. The van der Waals surface area contributed by atoms with Gasteiger partial charge in [0.15, 0.2) is 0 Å². The van der Waals surface area contributed by atoms with Crippen LogP contribution in [0.1, 0.15) is 44.6 Å². The molecule has 114 valence electrons. The van der Waals surface area contributed by atoms with Crippen molar-refractivity contribution in [3.05, 3.63) is 42.0 Å². The number of hydrogen-bond donors (Lipinski definition) is 1. The van der Waals surface area contributed by atoms with Gasteiger partial charge in [0.1, 0.15) is 0 Å². The van der Waals surface area contributed by atoms with Crippen LogP contribution in [0.4, 0.5) is 0 Å². The molecule has 3 nitrogen and oxygen atoms in total. The van der Waals surface area contributed by atoms with Gasteiger partial charge in [0.05, 0.1) is 4.90 Å². The van der Waals surface area contributed by atoms with Crippen molar-refractivity contribution in [1.29, 1.82) is 0 Å². The van der Waals surface area contributed by atoms with Crippen LogP contribution in [0.5, 0.6) is 0 Å². The molecular weight excluding hydrogens is 284 g/mol. The van der Waals surface area contributed by atoms with E-state index < -0.39 is 10.1 Å². The van der Waals surface area contributed by atoms with E-state index >= 15 is 0 Å². The summed E-state index contributed by atoms with van der Waals surface area (Å²) in [5.41, 5.74) is 0.715. The van der Waals surface area contributed by atoms with Gasteiger partial charge in [-0.15, -0.1) is 0 Å². The molecular formula is C17H22O3S. The Hall–Kier alpha value is -1.39. The summed E-state index contributed by atoms with van der Waals surface area (Å²) in [7, 11) is -4.17. The zero-order valence-corrected chi connectivity index (χ0v) is 13.2. The number of rotatable bonds is 7. The first-order chi connectivity index (χ1) is 10.0. The van der Waals surface area contributed by atoms with Crippen LogP contribution in [0.2, 0.25) is 0 Å². The minimum atomic E-state index is -4.17. The highest BCUT2D eigenvalue weighted by atomic mass is 32.2. The van der Waals surface area contributed by atoms with Crippen LogP contribution < -0.4 is 0 Å². The van der Waals surface area contributed by atoms with Gasteiger partial charge in [0.2, 0.25) is 0 Å². The number of fused-ring (bicyclic) bond motifs is 1. The molecule has 0 aliphatic rings. The predicted molar refractivity (Wildman–Crippen MR) is 86.2 cm³/mol. The average molecular weight is 306 g/mol. The van der Waals surface area contributed by atoms with E-state index in [4.69, 9.17) is 0 Å². The van der Waals surface area contributed by atoms with E-state index in [1.54, 1.807) is 6.07 Å². The second-order valence-electron chi connectivity index (χ2n) is 5.45. The van der Waals surface area contributed by atoms with Crippen molar-refractivity contribution < 1.29 is 13.0 Å². The monoisotopic (exact) mass is 306 g/mol. The minimum absolute atomic E-state index is 0.0525. The molecule has 2 aromatic rings. The summed E-state index contributed by atoms with van der Waals surface area (Å²) in [6.07, 6.45) is 6.29. The molecule has 0 aliphatic carbocycles. The predicted octanol–water partition coefficient (Wildman–Crippen LogP) is 4.60. The molecule has 0 heterocycles. The molecule has 0 aliphatic heterocycles. The number of aryl methyl sites for hydroxylation is 1. The summed E-state index contributed by atoms with van der Waals surface area (Å²) in [5, 5.41) is 1.84. The normalized spacial score (nSPS) is 11.9. The second-order valence-corrected chi connectivity index (χ2v) is 6.84. The molecule has 2 rings (SSSR count). The number of hydrogen-bond acceptors (Lipinski definition) is 2. The van der Waals surface area contributed by atoms with E-state index in [2.05, 4.69) is 6.92 Å². The van der Waals surface area contributed by atoms with Gasteiger partial charge >= 0.3 is 0 Å². The van der Waals surface area contributed by atoms with Crippen molar-refractivity contribution in [2.45, 2.75) is 50.3 Å². The van der Waals surface area contributed by atoms with Gasteiger partial charge < -0.3 is 0 Å². The lowest BCUT2D eigenvalue weighted by Gasteiger charge is -2.09. The Morgan fingerprint density at radius 2 is 1.57 bits per heavy atom. The van der Waals surface area contributed by atoms with Crippen LogP contribution in [0.3, 0.4) is 0 Å². The fourth-order valence-electron chi connectivity index (χ4n) is 2.62. The summed E-state index contributed by atoms with van der Waals surface area (Å²) in [4.78, 5) is 0.0525. The van der Waals surface area contributed by atoms with E-state index in [9.17, 15) is 13.0 Å². The van der Waals surface area contributed by atoms with Crippen LogP contribution in [0.15, 0.2) is 41.3 Å². The van der Waals surface area contributed by atoms with Gasteiger partial charge in [-0.1, -0.05) is 56.9 Å². The van der Waals surface area contributed by atoms with Crippen molar-refractivity contribution in [3.63, 3.8) is 0 Å². The van der Waals surface area contributed by atoms with E-state index in [0.29, 0.717) is 12.0 Å². The highest BCUT2D eigenvalue weighted by Gasteiger charge is 2.16. The molecule has 0 amide bonds. The lowest BCUT2D eigenvalue weighted by Crippen LogP contribution is -2.03. The van der Waals surface area contributed by atoms with Gasteiger partial charge in [-0.2, -0.15) is 8.42 Å². The van der Waals surface area contributed by atoms with Gasteiger partial charge in [-0.25, -0.2) is 0 Å². The SMILES string of the molecule is CCCCCCCc1cc2ccccc2cc1S(=O)(=O)O. The Kier molecular flexibility index (Phi) is 5.37. The molecule has 0 aromatic heterocycles. The van der Waals surface area contributed by atoms with Crippen molar-refractivity contribution in [1.82, 2.24) is 0 Å². The zero-order valence-electron chi connectivity index (χ0n) is 12.4. The molecule has 0 atom stereocenters. The smallest absolute Gasteiger partial charge is 0.282 e. The number of unbranched alkanes of at least 4 members (excludes halogenated alkanes) is 4. The zero-order chi connectivity index (χ0) is 15.3. The van der Waals surface area contributed by atoms with E-state index in [0.717, 1.165) is 23.6 Å². The summed E-state index contributed by atoms with van der Waals surface area (Å²) in [6, 6.07) is 11.1. The Morgan fingerprint density at radius 1 is 0.952 bits per heavy atom. The van der Waals surface area contributed by atoms with Crippen LogP contribution in [0, 0.1) is 0 Å². The van der Waals surface area contributed by atoms with Crippen LogP contribution >= 0.6 is 0 Å². The first kappa shape index (κ1) is 16.0. The van der Waals surface area contributed by atoms with Gasteiger partial charge in [-0.05, 0) is 41.3 Å². The van der Waals surface area contributed by atoms with Crippen LogP contribution in [0.25, 0.3) is 10.8 Å². The fraction of sp³-hybridized carbons (Fsp3) is 0.412. The molecule has 0 bridgehead atoms. The molecule has 0 saturated heterocycles. The first-order valence-corrected chi connectivity index (χ1v) is 8.95. The maximum Gasteiger partial charge on any atom is 0.294 e. The fourth-order valence-corrected chi connectivity index (χ4v) is 3.39. The highest BCUT2D eigenvalue weighted by molar-refractivity contribution is 7.85. The topological polar surface area (TPSA) is 54.4 Å².